The third kappa shape index (κ3) is 4.79. The number of hydrogen-bond donors (Lipinski definition) is 2. The number of aromatic nitrogens is 1. The smallest absolute Gasteiger partial charge is 0.251 e. The van der Waals surface area contributed by atoms with Crippen LogP contribution >= 0.6 is 0 Å². The van der Waals surface area contributed by atoms with Crippen molar-refractivity contribution in [1.29, 1.82) is 0 Å². The predicted octanol–water partition coefficient (Wildman–Crippen LogP) is 3.08. The van der Waals surface area contributed by atoms with E-state index >= 15 is 0 Å². The zero-order valence-corrected chi connectivity index (χ0v) is 17.1. The summed E-state index contributed by atoms with van der Waals surface area (Å²) in [6.07, 6.45) is 6.59. The zero-order chi connectivity index (χ0) is 21.1. The number of carbonyl (C=O) groups is 1. The minimum absolute atomic E-state index is 0.0197. The molecule has 1 amide bonds. The maximum atomic E-state index is 14.5. The topological polar surface area (TPSA) is 72.4 Å². The van der Waals surface area contributed by atoms with Gasteiger partial charge in [0.25, 0.3) is 5.56 Å². The molecule has 1 aromatic carbocycles. The van der Waals surface area contributed by atoms with Crippen LogP contribution in [-0.2, 0) is 9.53 Å². The van der Waals surface area contributed by atoms with Gasteiger partial charge in [0.05, 0.1) is 23.9 Å². The van der Waals surface area contributed by atoms with Gasteiger partial charge in [-0.25, -0.2) is 4.39 Å². The van der Waals surface area contributed by atoms with Gasteiger partial charge >= 0.3 is 0 Å². The number of hydrogen-bond acceptors (Lipinski definition) is 4. The van der Waals surface area contributed by atoms with Gasteiger partial charge in [-0.3, -0.25) is 9.59 Å². The van der Waals surface area contributed by atoms with Crippen molar-refractivity contribution in [2.75, 3.05) is 19.0 Å². The van der Waals surface area contributed by atoms with Gasteiger partial charge in [-0.1, -0.05) is 25.0 Å². The molecule has 2 aliphatic rings. The Morgan fingerprint density at radius 3 is 2.87 bits per heavy atom. The summed E-state index contributed by atoms with van der Waals surface area (Å²) in [5.74, 6) is -0.0551. The highest BCUT2D eigenvalue weighted by Crippen LogP contribution is 2.37. The van der Waals surface area contributed by atoms with Gasteiger partial charge < -0.3 is 19.9 Å². The van der Waals surface area contributed by atoms with Crippen LogP contribution in [-0.4, -0.2) is 36.3 Å². The lowest BCUT2D eigenvalue weighted by Crippen LogP contribution is -2.35. The molecule has 2 N–H and O–H groups in total. The molecule has 6 nitrogen and oxygen atoms in total. The van der Waals surface area contributed by atoms with Crippen molar-refractivity contribution in [1.82, 2.24) is 9.88 Å². The Morgan fingerprint density at radius 2 is 2.17 bits per heavy atom. The largest absolute Gasteiger partial charge is 0.380 e. The molecule has 0 bridgehead atoms. The van der Waals surface area contributed by atoms with Crippen LogP contribution in [0.2, 0.25) is 0 Å². The number of halogens is 1. The molecule has 1 aliphatic carbocycles. The Labute approximate surface area is 175 Å². The third-order valence-electron chi connectivity index (χ3n) is 6.11. The van der Waals surface area contributed by atoms with Gasteiger partial charge in [-0.05, 0) is 48.9 Å². The highest BCUT2D eigenvalue weighted by atomic mass is 19.1. The summed E-state index contributed by atoms with van der Waals surface area (Å²) in [7, 11) is 1.61. The molecule has 0 spiro atoms. The summed E-state index contributed by atoms with van der Waals surface area (Å²) >= 11 is 0. The van der Waals surface area contributed by atoms with Crippen LogP contribution in [0.5, 0.6) is 0 Å². The average molecular weight is 413 g/mol. The van der Waals surface area contributed by atoms with Gasteiger partial charge in [-0.15, -0.1) is 0 Å². The quantitative estimate of drug-likeness (QED) is 0.698. The van der Waals surface area contributed by atoms with Crippen molar-refractivity contribution in [3.63, 3.8) is 0 Å². The van der Waals surface area contributed by atoms with Gasteiger partial charge in [0.2, 0.25) is 5.91 Å². The average Bonchev–Trinajstić information content (AvgIpc) is 3.44. The number of carbonyl (C=O) groups excluding carboxylic acids is 1. The molecule has 1 unspecified atom stereocenters. The fourth-order valence-electron chi connectivity index (χ4n) is 4.11. The molecule has 2 fully saturated rings. The summed E-state index contributed by atoms with van der Waals surface area (Å²) in [5, 5.41) is 5.82. The maximum absolute atomic E-state index is 14.5. The molecule has 1 aliphatic heterocycles. The van der Waals surface area contributed by atoms with Crippen LogP contribution in [0.3, 0.4) is 0 Å². The minimum atomic E-state index is -0.491. The molecule has 160 valence electrons. The number of anilines is 1. The molecular weight excluding hydrogens is 385 g/mol. The number of benzene rings is 1. The molecule has 4 rings (SSSR count). The number of rotatable bonds is 8. The highest BCUT2D eigenvalue weighted by molar-refractivity contribution is 5.95. The van der Waals surface area contributed by atoms with E-state index in [4.69, 9.17) is 4.74 Å². The molecule has 1 saturated carbocycles. The van der Waals surface area contributed by atoms with Crippen LogP contribution in [0.1, 0.15) is 43.7 Å². The van der Waals surface area contributed by atoms with E-state index in [-0.39, 0.29) is 29.3 Å². The van der Waals surface area contributed by atoms with Crippen LogP contribution in [0.15, 0.2) is 47.4 Å². The van der Waals surface area contributed by atoms with Gasteiger partial charge in [-0.2, -0.15) is 0 Å². The van der Waals surface area contributed by atoms with E-state index in [1.807, 2.05) is 6.07 Å². The molecule has 1 aromatic heterocycles. The number of pyridine rings is 1. The fraction of sp³-hybridized carbons (Fsp3) is 0.478. The first-order chi connectivity index (χ1) is 14.5. The first kappa shape index (κ1) is 20.8. The lowest BCUT2D eigenvalue weighted by molar-refractivity contribution is -0.118. The first-order valence-electron chi connectivity index (χ1n) is 10.6. The van der Waals surface area contributed by atoms with Crippen LogP contribution in [0.4, 0.5) is 10.1 Å². The standard InChI is InChI=1S/C23H28FN3O3/c1-30-17-13-20(25-14-17)23(29)26-19-12-16(8-9-18(19)24)21(10-7-15-5-6-15)27-11-3-2-4-22(27)28/h2-4,8-9,11-12,15,17,20-21,25H,5-7,10,13-14H2,1H3,(H,26,29)/t17-,20-,21?/m1/s1. The Hall–Kier alpha value is -2.51. The summed E-state index contributed by atoms with van der Waals surface area (Å²) in [4.78, 5) is 25.1. The first-order valence-corrected chi connectivity index (χ1v) is 10.6. The molecule has 30 heavy (non-hydrogen) atoms. The fourth-order valence-corrected chi connectivity index (χ4v) is 4.11. The summed E-state index contributed by atoms with van der Waals surface area (Å²) in [6.45, 7) is 0.595. The molecule has 3 atom stereocenters. The van der Waals surface area contributed by atoms with E-state index in [0.717, 1.165) is 18.4 Å². The highest BCUT2D eigenvalue weighted by Gasteiger charge is 2.30. The van der Waals surface area contributed by atoms with Crippen molar-refractivity contribution >= 4 is 11.6 Å². The predicted molar refractivity (Wildman–Crippen MR) is 113 cm³/mol. The molecule has 1 saturated heterocycles. The Bertz CT molecular complexity index is 957. The summed E-state index contributed by atoms with van der Waals surface area (Å²) in [5.41, 5.74) is 0.865. The second kappa shape index (κ2) is 9.10. The van der Waals surface area contributed by atoms with Crippen LogP contribution in [0.25, 0.3) is 0 Å². The van der Waals surface area contributed by atoms with Gasteiger partial charge in [0.1, 0.15) is 5.82 Å². The van der Waals surface area contributed by atoms with Crippen molar-refractivity contribution < 1.29 is 13.9 Å². The van der Waals surface area contributed by atoms with Crippen molar-refractivity contribution in [3.05, 3.63) is 64.3 Å². The number of ether oxygens (including phenoxy) is 1. The molecule has 2 aromatic rings. The summed E-state index contributed by atoms with van der Waals surface area (Å²) < 4.78 is 21.5. The zero-order valence-electron chi connectivity index (χ0n) is 17.1. The second-order valence-electron chi connectivity index (χ2n) is 8.27. The number of nitrogens with one attached hydrogen (secondary N) is 2. The van der Waals surface area contributed by atoms with Crippen LogP contribution < -0.4 is 16.2 Å². The molecule has 0 radical (unpaired) electrons. The Kier molecular flexibility index (Phi) is 6.29. The van der Waals surface area contributed by atoms with E-state index in [1.165, 1.54) is 25.0 Å². The number of methoxy groups -OCH3 is 1. The van der Waals surface area contributed by atoms with Gasteiger partial charge in [0.15, 0.2) is 0 Å². The Morgan fingerprint density at radius 1 is 1.33 bits per heavy atom. The summed E-state index contributed by atoms with van der Waals surface area (Å²) in [6, 6.07) is 9.20. The van der Waals surface area contributed by atoms with Crippen molar-refractivity contribution in [3.8, 4) is 0 Å². The normalized spacial score (nSPS) is 22.1. The SMILES string of the molecule is CO[C@H]1CN[C@@H](C(=O)Nc2cc(C(CCC3CC3)n3ccccc3=O)ccc2F)C1. The van der Waals surface area contributed by atoms with Crippen molar-refractivity contribution in [2.45, 2.75) is 50.3 Å². The monoisotopic (exact) mass is 413 g/mol. The van der Waals surface area contributed by atoms with E-state index < -0.39 is 11.9 Å². The third-order valence-corrected chi connectivity index (χ3v) is 6.11. The maximum Gasteiger partial charge on any atom is 0.251 e. The molecule has 2 heterocycles. The minimum Gasteiger partial charge on any atom is -0.380 e. The van der Waals surface area contributed by atoms with Crippen molar-refractivity contribution in [2.24, 2.45) is 5.92 Å². The second-order valence-corrected chi connectivity index (χ2v) is 8.27. The van der Waals surface area contributed by atoms with Crippen LogP contribution in [0, 0.1) is 11.7 Å². The number of nitrogens with zero attached hydrogens (tertiary/aromatic N) is 1. The lowest BCUT2D eigenvalue weighted by atomic mass is 9.99. The van der Waals surface area contributed by atoms with E-state index in [0.29, 0.717) is 18.9 Å². The lowest BCUT2D eigenvalue weighted by Gasteiger charge is -2.21. The van der Waals surface area contributed by atoms with Gasteiger partial charge in [0, 0.05) is 25.9 Å². The van der Waals surface area contributed by atoms with E-state index in [9.17, 15) is 14.0 Å². The van der Waals surface area contributed by atoms with E-state index in [2.05, 4.69) is 10.6 Å². The molecular formula is C23H28FN3O3. The Balaban J connectivity index is 1.56. The van der Waals surface area contributed by atoms with E-state index in [1.54, 1.807) is 36.1 Å². The molecule has 7 heteroatoms. The number of amides is 1.